The van der Waals surface area contributed by atoms with Gasteiger partial charge in [-0.15, -0.1) is 30.4 Å². The summed E-state index contributed by atoms with van der Waals surface area (Å²) < 4.78 is 12.1. The molecule has 2 aromatic carbocycles. The number of hydrogen-bond donors (Lipinski definition) is 0. The molecule has 4 heteroatoms. The van der Waals surface area contributed by atoms with Crippen molar-refractivity contribution in [2.75, 3.05) is 0 Å². The molecule has 1 aliphatic heterocycles. The molecule has 144 valence electrons. The second-order valence-electron chi connectivity index (χ2n) is 7.60. The molecule has 28 heavy (non-hydrogen) atoms. The summed E-state index contributed by atoms with van der Waals surface area (Å²) in [5.41, 5.74) is 2.43. The fraction of sp³-hybridized carbons (Fsp3) is 0.250. The van der Waals surface area contributed by atoms with E-state index in [0.29, 0.717) is 0 Å². The smallest absolute Gasteiger partial charge is 0.399 e. The van der Waals surface area contributed by atoms with Gasteiger partial charge in [0.2, 0.25) is 0 Å². The minimum absolute atomic E-state index is 0. The summed E-state index contributed by atoms with van der Waals surface area (Å²) >= 11 is 0. The molecular formula is C24H25BFeO2. The third-order valence-corrected chi connectivity index (χ3v) is 5.01. The van der Waals surface area contributed by atoms with Crippen LogP contribution in [0.1, 0.15) is 38.8 Å². The van der Waals surface area contributed by atoms with E-state index >= 15 is 0 Å². The fourth-order valence-corrected chi connectivity index (χ4v) is 2.63. The number of allylic oxidation sites excluding steroid dienone is 2. The molecule has 1 aliphatic carbocycles. The Morgan fingerprint density at radius 1 is 0.929 bits per heavy atom. The van der Waals surface area contributed by atoms with Gasteiger partial charge in [0.25, 0.3) is 0 Å². The van der Waals surface area contributed by atoms with Crippen LogP contribution in [0.4, 0.5) is 0 Å². The van der Waals surface area contributed by atoms with Gasteiger partial charge in [-0.2, -0.15) is 24.1 Å². The molecule has 2 aliphatic rings. The zero-order valence-electron chi connectivity index (χ0n) is 16.8. The third kappa shape index (κ3) is 5.63. The Kier molecular flexibility index (Phi) is 7.75. The predicted molar refractivity (Wildman–Crippen MR) is 112 cm³/mol. The molecule has 0 unspecified atom stereocenters. The van der Waals surface area contributed by atoms with Crippen LogP contribution >= 0.6 is 0 Å². The van der Waals surface area contributed by atoms with E-state index in [1.807, 2.05) is 79.9 Å². The van der Waals surface area contributed by atoms with Crippen LogP contribution in [0.2, 0.25) is 0 Å². The fourth-order valence-electron chi connectivity index (χ4n) is 2.63. The maximum Gasteiger partial charge on any atom is 2.00 e. The molecule has 0 spiro atoms. The van der Waals surface area contributed by atoms with Crippen molar-refractivity contribution in [3.05, 3.63) is 91.1 Å². The van der Waals surface area contributed by atoms with E-state index in [4.69, 9.17) is 9.31 Å². The second kappa shape index (κ2) is 9.63. The molecule has 0 N–H and O–H groups in total. The van der Waals surface area contributed by atoms with Crippen LogP contribution in [-0.2, 0) is 26.4 Å². The Hall–Kier alpha value is -1.76. The molecule has 1 heterocycles. The van der Waals surface area contributed by atoms with Crippen molar-refractivity contribution in [3.8, 4) is 11.8 Å². The van der Waals surface area contributed by atoms with Crippen LogP contribution in [0.5, 0.6) is 0 Å². The molecule has 2 aromatic rings. The Morgan fingerprint density at radius 2 is 1.61 bits per heavy atom. The van der Waals surface area contributed by atoms with Crippen molar-refractivity contribution in [1.29, 1.82) is 0 Å². The summed E-state index contributed by atoms with van der Waals surface area (Å²) in [4.78, 5) is 0. The summed E-state index contributed by atoms with van der Waals surface area (Å²) in [6.45, 7) is 8.25. The van der Waals surface area contributed by atoms with Crippen LogP contribution in [-0.4, -0.2) is 18.3 Å². The molecular weight excluding hydrogens is 387 g/mol. The van der Waals surface area contributed by atoms with Crippen LogP contribution < -0.4 is 5.46 Å². The van der Waals surface area contributed by atoms with Gasteiger partial charge in [-0.25, -0.2) is 18.6 Å². The SMILES string of the molecule is CC1(C)OB(c2ccc(C#Cc3ccc[cH-]3)cc2)OC1(C)C.[CH]1[CH][CH-]C=C1.[Fe+2]. The standard InChI is InChI=1S/C19H20BO2.C5H5.Fe/c1-18(2)19(3,4)22-20(21-18)17-13-11-16(12-14-17)10-9-15-7-5-6-8-15;1-2-4-5-3-1;/h5-8,11-14H,1-4H3;1-5H;/q2*-1;+2. The summed E-state index contributed by atoms with van der Waals surface area (Å²) in [6, 6.07) is 16.1. The molecule has 0 aromatic heterocycles. The second-order valence-corrected chi connectivity index (χ2v) is 7.60. The van der Waals surface area contributed by atoms with Gasteiger partial charge in [0.1, 0.15) is 0 Å². The van der Waals surface area contributed by atoms with Gasteiger partial charge in [-0.1, -0.05) is 12.1 Å². The monoisotopic (exact) mass is 412 g/mol. The summed E-state index contributed by atoms with van der Waals surface area (Å²) in [7, 11) is -0.318. The van der Waals surface area contributed by atoms with E-state index in [-0.39, 0.29) is 35.4 Å². The van der Waals surface area contributed by atoms with E-state index in [1.54, 1.807) is 0 Å². The predicted octanol–water partition coefficient (Wildman–Crippen LogP) is 4.27. The van der Waals surface area contributed by atoms with Crippen molar-refractivity contribution in [2.45, 2.75) is 38.9 Å². The van der Waals surface area contributed by atoms with Crippen molar-refractivity contribution in [3.63, 3.8) is 0 Å². The minimum Gasteiger partial charge on any atom is -0.399 e. The van der Waals surface area contributed by atoms with Crippen LogP contribution in [0.3, 0.4) is 0 Å². The quantitative estimate of drug-likeness (QED) is 0.396. The van der Waals surface area contributed by atoms with Crippen LogP contribution in [0, 0.1) is 31.1 Å². The Morgan fingerprint density at radius 3 is 2.07 bits per heavy atom. The van der Waals surface area contributed by atoms with E-state index in [2.05, 4.69) is 39.5 Å². The van der Waals surface area contributed by atoms with E-state index < -0.39 is 0 Å². The van der Waals surface area contributed by atoms with E-state index in [9.17, 15) is 0 Å². The third-order valence-electron chi connectivity index (χ3n) is 5.01. The first-order valence-electron chi connectivity index (χ1n) is 9.23. The molecule has 0 saturated carbocycles. The van der Waals surface area contributed by atoms with Crippen molar-refractivity contribution in [2.24, 2.45) is 0 Å². The zero-order valence-corrected chi connectivity index (χ0v) is 17.9. The average Bonchev–Trinajstić information content (AvgIpc) is 3.37. The summed E-state index contributed by atoms with van der Waals surface area (Å²) in [6.07, 6.45) is 10.0. The van der Waals surface area contributed by atoms with E-state index in [1.165, 1.54) is 0 Å². The number of rotatable bonds is 1. The van der Waals surface area contributed by atoms with Gasteiger partial charge < -0.3 is 9.31 Å². The summed E-state index contributed by atoms with van der Waals surface area (Å²) in [5.74, 6) is 6.31. The van der Waals surface area contributed by atoms with Gasteiger partial charge in [0.15, 0.2) is 0 Å². The molecule has 0 bridgehead atoms. The first-order valence-corrected chi connectivity index (χ1v) is 9.23. The van der Waals surface area contributed by atoms with E-state index in [0.717, 1.165) is 16.6 Å². The maximum absolute atomic E-state index is 6.05. The zero-order chi connectivity index (χ0) is 19.3. The molecule has 2 radical (unpaired) electrons. The van der Waals surface area contributed by atoms with Gasteiger partial charge in [-0.05, 0) is 45.3 Å². The molecule has 1 fully saturated rings. The largest absolute Gasteiger partial charge is 2.00 e. The number of benzene rings is 1. The molecule has 0 atom stereocenters. The van der Waals surface area contributed by atoms with Gasteiger partial charge in [-0.3, -0.25) is 0 Å². The van der Waals surface area contributed by atoms with Gasteiger partial charge >= 0.3 is 24.2 Å². The minimum atomic E-state index is -0.318. The van der Waals surface area contributed by atoms with Crippen molar-refractivity contribution >= 4 is 12.6 Å². The first kappa shape index (κ1) is 22.5. The summed E-state index contributed by atoms with van der Waals surface area (Å²) in [5, 5.41) is 0. The van der Waals surface area contributed by atoms with Crippen LogP contribution in [0.15, 0.2) is 60.7 Å². The van der Waals surface area contributed by atoms with Crippen molar-refractivity contribution < 1.29 is 26.4 Å². The molecule has 4 rings (SSSR count). The van der Waals surface area contributed by atoms with Gasteiger partial charge in [0, 0.05) is 5.56 Å². The number of hydrogen-bond acceptors (Lipinski definition) is 2. The Labute approximate surface area is 180 Å². The van der Waals surface area contributed by atoms with Crippen LogP contribution in [0.25, 0.3) is 0 Å². The average molecular weight is 412 g/mol. The molecule has 1 saturated heterocycles. The van der Waals surface area contributed by atoms with Gasteiger partial charge in [0.05, 0.1) is 11.2 Å². The maximum atomic E-state index is 6.05. The Bertz CT molecular complexity index is 802. The van der Waals surface area contributed by atoms with Crippen molar-refractivity contribution in [1.82, 2.24) is 0 Å². The normalized spacial score (nSPS) is 18.2. The first-order chi connectivity index (χ1) is 12.9. The topological polar surface area (TPSA) is 18.5 Å². The Balaban J connectivity index is 0.000000408. The molecule has 2 nitrogen and oxygen atoms in total. The molecule has 0 amide bonds.